The van der Waals surface area contributed by atoms with Crippen molar-refractivity contribution >= 4 is 39.2 Å². The lowest BCUT2D eigenvalue weighted by Gasteiger charge is -2.42. The number of thiophene rings is 1. The molecule has 0 aliphatic carbocycles. The molecule has 192 valence electrons. The zero-order chi connectivity index (χ0) is 25.3. The van der Waals surface area contributed by atoms with E-state index in [1.54, 1.807) is 30.8 Å². The normalized spacial score (nSPS) is 18.0. The minimum Gasteiger partial charge on any atom is -0.378 e. The Morgan fingerprint density at radius 3 is 2.47 bits per heavy atom. The van der Waals surface area contributed by atoms with Crippen molar-refractivity contribution in [2.45, 2.75) is 25.9 Å². The van der Waals surface area contributed by atoms with Crippen molar-refractivity contribution in [3.8, 4) is 11.4 Å². The van der Waals surface area contributed by atoms with E-state index >= 15 is 0 Å². The molecule has 2 fully saturated rings. The van der Waals surface area contributed by atoms with Gasteiger partial charge in [-0.2, -0.15) is 0 Å². The molecule has 0 spiro atoms. The third kappa shape index (κ3) is 4.99. The van der Waals surface area contributed by atoms with Crippen LogP contribution in [0.2, 0.25) is 0 Å². The summed E-state index contributed by atoms with van der Waals surface area (Å²) in [4.78, 5) is 38.6. The number of piperazine rings is 1. The molecule has 5 rings (SSSR count). The summed E-state index contributed by atoms with van der Waals surface area (Å²) in [6, 6.07) is 2.17. The zero-order valence-corrected chi connectivity index (χ0v) is 21.8. The molecule has 3 N–H and O–H groups in total. The Balaban J connectivity index is 1.38. The molecule has 2 aliphatic heterocycles. The summed E-state index contributed by atoms with van der Waals surface area (Å²) in [5, 5.41) is 2.79. The summed E-state index contributed by atoms with van der Waals surface area (Å²) in [6.45, 7) is 11.3. The molecule has 0 radical (unpaired) electrons. The van der Waals surface area contributed by atoms with Crippen molar-refractivity contribution < 1.29 is 9.53 Å². The number of nitrogens with two attached hydrogens (primary N) is 1. The van der Waals surface area contributed by atoms with E-state index in [-0.39, 0.29) is 11.9 Å². The van der Waals surface area contributed by atoms with Crippen LogP contribution in [0.5, 0.6) is 0 Å². The summed E-state index contributed by atoms with van der Waals surface area (Å²) in [6.07, 6.45) is 3.33. The van der Waals surface area contributed by atoms with Crippen molar-refractivity contribution in [1.29, 1.82) is 0 Å². The van der Waals surface area contributed by atoms with Gasteiger partial charge in [0.15, 0.2) is 11.6 Å². The molecular weight excluding hydrogens is 478 g/mol. The number of fused-ring (bicyclic) bond motifs is 1. The van der Waals surface area contributed by atoms with Gasteiger partial charge in [-0.15, -0.1) is 11.3 Å². The molecular formula is C24H33N9O2S. The third-order valence-corrected chi connectivity index (χ3v) is 8.08. The van der Waals surface area contributed by atoms with E-state index in [0.717, 1.165) is 67.4 Å². The molecule has 0 atom stereocenters. The zero-order valence-electron chi connectivity index (χ0n) is 21.0. The van der Waals surface area contributed by atoms with Gasteiger partial charge in [0.05, 0.1) is 34.5 Å². The van der Waals surface area contributed by atoms with Crippen molar-refractivity contribution in [3.63, 3.8) is 0 Å². The number of amides is 1. The molecule has 36 heavy (non-hydrogen) atoms. The number of carbonyl (C=O) groups is 1. The molecule has 0 unspecified atom stereocenters. The number of nitrogens with one attached hydrogen (secondary N) is 1. The van der Waals surface area contributed by atoms with E-state index in [1.807, 2.05) is 13.8 Å². The Hall–Kier alpha value is -2.93. The van der Waals surface area contributed by atoms with Crippen LogP contribution in [0.1, 0.15) is 18.7 Å². The maximum atomic E-state index is 12.3. The first kappa shape index (κ1) is 24.8. The Morgan fingerprint density at radius 1 is 1.11 bits per heavy atom. The number of nitrogen functional groups attached to an aromatic ring is 1. The number of hydrogen-bond acceptors (Lipinski definition) is 11. The third-order valence-electron chi connectivity index (χ3n) is 6.97. The standard InChI is InChI=1S/C24H33N9O2S/c1-24(2,22(34)26-3)33-6-4-31(5-7-33)15-17-12-18-19(36-17)21(32-8-10-35-11-9-32)30-20(29-18)16-13-27-23(25)28-14-16/h12-14H,4-11,15H2,1-3H3,(H,26,34)(H2,25,27,28). The Bertz CT molecular complexity index is 1220. The van der Waals surface area contributed by atoms with E-state index in [0.29, 0.717) is 19.0 Å². The van der Waals surface area contributed by atoms with E-state index in [2.05, 4.69) is 36.1 Å². The fourth-order valence-electron chi connectivity index (χ4n) is 4.75. The van der Waals surface area contributed by atoms with Gasteiger partial charge in [0.1, 0.15) is 0 Å². The van der Waals surface area contributed by atoms with Gasteiger partial charge < -0.3 is 20.7 Å². The molecule has 0 aromatic carbocycles. The van der Waals surface area contributed by atoms with Crippen molar-refractivity contribution in [1.82, 2.24) is 35.1 Å². The maximum Gasteiger partial charge on any atom is 0.239 e. The Kier molecular flexibility index (Phi) is 7.02. The predicted octanol–water partition coefficient (Wildman–Crippen LogP) is 1.21. The minimum absolute atomic E-state index is 0.0528. The van der Waals surface area contributed by atoms with Gasteiger partial charge >= 0.3 is 0 Å². The fraction of sp³-hybridized carbons (Fsp3) is 0.542. The van der Waals surface area contributed by atoms with Crippen LogP contribution >= 0.6 is 11.3 Å². The number of likely N-dealkylation sites (N-methyl/N-ethyl adjacent to an activating group) is 1. The number of rotatable bonds is 6. The lowest BCUT2D eigenvalue weighted by Crippen LogP contribution is -2.59. The Labute approximate surface area is 214 Å². The molecule has 2 aliphatic rings. The van der Waals surface area contributed by atoms with Crippen LogP contribution in [0.3, 0.4) is 0 Å². The molecule has 3 aromatic heterocycles. The molecule has 2 saturated heterocycles. The van der Waals surface area contributed by atoms with Crippen LogP contribution in [0, 0.1) is 0 Å². The smallest absolute Gasteiger partial charge is 0.239 e. The van der Waals surface area contributed by atoms with Crippen LogP contribution < -0.4 is 16.0 Å². The highest BCUT2D eigenvalue weighted by atomic mass is 32.1. The highest BCUT2D eigenvalue weighted by Gasteiger charge is 2.35. The van der Waals surface area contributed by atoms with Crippen LogP contribution in [0.25, 0.3) is 21.6 Å². The van der Waals surface area contributed by atoms with E-state index < -0.39 is 5.54 Å². The number of aromatic nitrogens is 4. The lowest BCUT2D eigenvalue weighted by molar-refractivity contribution is -0.132. The van der Waals surface area contributed by atoms with Gasteiger partial charge in [-0.1, -0.05) is 0 Å². The Morgan fingerprint density at radius 2 is 1.81 bits per heavy atom. The summed E-state index contributed by atoms with van der Waals surface area (Å²) in [7, 11) is 1.70. The largest absolute Gasteiger partial charge is 0.378 e. The van der Waals surface area contributed by atoms with E-state index in [4.69, 9.17) is 20.4 Å². The van der Waals surface area contributed by atoms with Gasteiger partial charge in [-0.05, 0) is 19.9 Å². The number of hydrogen-bond donors (Lipinski definition) is 2. The maximum absolute atomic E-state index is 12.3. The lowest BCUT2D eigenvalue weighted by atomic mass is 10.0. The van der Waals surface area contributed by atoms with Crippen LogP contribution in [-0.4, -0.2) is 101 Å². The molecule has 1 amide bonds. The van der Waals surface area contributed by atoms with Crippen molar-refractivity contribution in [3.05, 3.63) is 23.3 Å². The van der Waals surface area contributed by atoms with E-state index in [9.17, 15) is 4.79 Å². The van der Waals surface area contributed by atoms with Crippen LogP contribution in [0.15, 0.2) is 18.5 Å². The van der Waals surface area contributed by atoms with Crippen LogP contribution in [-0.2, 0) is 16.1 Å². The number of morpholine rings is 1. The molecule has 11 nitrogen and oxygen atoms in total. The number of ether oxygens (including phenoxy) is 1. The highest BCUT2D eigenvalue weighted by molar-refractivity contribution is 7.19. The SMILES string of the molecule is CNC(=O)C(C)(C)N1CCN(Cc2cc3nc(-c4cnc(N)nc4)nc(N4CCOCC4)c3s2)CC1. The van der Waals surface area contributed by atoms with Gasteiger partial charge in [0, 0.05) is 70.1 Å². The first-order valence-corrected chi connectivity index (χ1v) is 13.1. The number of anilines is 2. The molecule has 0 saturated carbocycles. The summed E-state index contributed by atoms with van der Waals surface area (Å²) < 4.78 is 6.66. The average molecular weight is 512 g/mol. The first-order chi connectivity index (χ1) is 17.3. The summed E-state index contributed by atoms with van der Waals surface area (Å²) in [5.41, 5.74) is 6.83. The second-order valence-corrected chi connectivity index (χ2v) is 10.8. The summed E-state index contributed by atoms with van der Waals surface area (Å²) >= 11 is 1.75. The van der Waals surface area contributed by atoms with Gasteiger partial charge in [0.25, 0.3) is 0 Å². The van der Waals surface area contributed by atoms with Crippen molar-refractivity contribution in [2.24, 2.45) is 0 Å². The monoisotopic (exact) mass is 511 g/mol. The summed E-state index contributed by atoms with van der Waals surface area (Å²) in [5.74, 6) is 1.81. The molecule has 5 heterocycles. The predicted molar refractivity (Wildman–Crippen MR) is 141 cm³/mol. The highest BCUT2D eigenvalue weighted by Crippen LogP contribution is 2.35. The van der Waals surface area contributed by atoms with Gasteiger partial charge in [0.2, 0.25) is 11.9 Å². The fourth-order valence-corrected chi connectivity index (χ4v) is 5.90. The van der Waals surface area contributed by atoms with Crippen LogP contribution in [0.4, 0.5) is 11.8 Å². The molecule has 3 aromatic rings. The second-order valence-electron chi connectivity index (χ2n) is 9.63. The van der Waals surface area contributed by atoms with Gasteiger partial charge in [-0.25, -0.2) is 19.9 Å². The topological polar surface area (TPSA) is 126 Å². The van der Waals surface area contributed by atoms with Crippen molar-refractivity contribution in [2.75, 3.05) is 70.2 Å². The van der Waals surface area contributed by atoms with Gasteiger partial charge in [-0.3, -0.25) is 14.6 Å². The quantitative estimate of drug-likeness (QED) is 0.499. The first-order valence-electron chi connectivity index (χ1n) is 12.3. The average Bonchev–Trinajstić information content (AvgIpc) is 3.31. The molecule has 0 bridgehead atoms. The minimum atomic E-state index is -0.511. The second kappa shape index (κ2) is 10.2. The van der Waals surface area contributed by atoms with E-state index in [1.165, 1.54) is 4.88 Å². The molecule has 12 heteroatoms. The number of nitrogens with zero attached hydrogens (tertiary/aromatic N) is 7. The number of carbonyl (C=O) groups excluding carboxylic acids is 1.